The lowest BCUT2D eigenvalue weighted by molar-refractivity contribution is 0.590. The van der Waals surface area contributed by atoms with Crippen molar-refractivity contribution >= 4 is 29.1 Å². The monoisotopic (exact) mass is 246 g/mol. The summed E-state index contributed by atoms with van der Waals surface area (Å²) < 4.78 is 12.9. The summed E-state index contributed by atoms with van der Waals surface area (Å²) >= 11 is 0. The SMILES string of the molecule is CP(=O)(c1ccccc1N)c1ccccc1N. The third-order valence-electron chi connectivity index (χ3n) is 2.79. The number of hydrogen-bond acceptors (Lipinski definition) is 3. The highest BCUT2D eigenvalue weighted by Gasteiger charge is 2.24. The molecular formula is C13H15N2OP. The van der Waals surface area contributed by atoms with Crippen LogP contribution in [0.2, 0.25) is 0 Å². The van der Waals surface area contributed by atoms with Crippen molar-refractivity contribution < 1.29 is 4.57 Å². The Morgan fingerprint density at radius 1 is 0.824 bits per heavy atom. The first-order chi connectivity index (χ1) is 8.03. The van der Waals surface area contributed by atoms with Crippen LogP contribution in [0.3, 0.4) is 0 Å². The molecule has 2 rings (SSSR count). The first kappa shape index (κ1) is 11.7. The van der Waals surface area contributed by atoms with Crippen molar-refractivity contribution in [3.05, 3.63) is 48.5 Å². The molecule has 0 spiro atoms. The van der Waals surface area contributed by atoms with Gasteiger partial charge in [-0.2, -0.15) is 0 Å². The number of anilines is 2. The van der Waals surface area contributed by atoms with Crippen molar-refractivity contribution in [1.29, 1.82) is 0 Å². The summed E-state index contributed by atoms with van der Waals surface area (Å²) in [6.45, 7) is 1.70. The Labute approximate surface area is 101 Å². The molecule has 4 heteroatoms. The maximum Gasteiger partial charge on any atom is 0.144 e. The van der Waals surface area contributed by atoms with Crippen LogP contribution in [0.5, 0.6) is 0 Å². The molecule has 0 aliphatic heterocycles. The van der Waals surface area contributed by atoms with E-state index in [0.29, 0.717) is 22.0 Å². The van der Waals surface area contributed by atoms with Gasteiger partial charge in [-0.15, -0.1) is 0 Å². The van der Waals surface area contributed by atoms with Gasteiger partial charge in [-0.25, -0.2) is 0 Å². The molecule has 0 saturated heterocycles. The van der Waals surface area contributed by atoms with Gasteiger partial charge in [0.25, 0.3) is 0 Å². The van der Waals surface area contributed by atoms with Gasteiger partial charge in [0.15, 0.2) is 0 Å². The second-order valence-corrected chi connectivity index (χ2v) is 6.85. The maximum absolute atomic E-state index is 12.9. The zero-order valence-corrected chi connectivity index (χ0v) is 10.5. The molecule has 2 aromatic carbocycles. The topological polar surface area (TPSA) is 69.1 Å². The van der Waals surface area contributed by atoms with Crippen molar-refractivity contribution in [2.24, 2.45) is 0 Å². The van der Waals surface area contributed by atoms with Crippen molar-refractivity contribution in [1.82, 2.24) is 0 Å². The van der Waals surface area contributed by atoms with Gasteiger partial charge in [0.05, 0.1) is 0 Å². The summed E-state index contributed by atoms with van der Waals surface area (Å²) in [5.41, 5.74) is 12.8. The van der Waals surface area contributed by atoms with E-state index in [1.54, 1.807) is 30.9 Å². The zero-order valence-electron chi connectivity index (χ0n) is 9.63. The Balaban J connectivity index is 2.63. The van der Waals surface area contributed by atoms with Crippen LogP contribution in [0.15, 0.2) is 48.5 Å². The molecule has 2 aromatic rings. The first-order valence-corrected chi connectivity index (χ1v) is 7.46. The molecule has 0 radical (unpaired) electrons. The van der Waals surface area contributed by atoms with Gasteiger partial charge < -0.3 is 16.0 Å². The minimum atomic E-state index is -2.72. The summed E-state index contributed by atoms with van der Waals surface area (Å²) in [5.74, 6) is 0. The molecule has 0 heterocycles. The highest BCUT2D eigenvalue weighted by Crippen LogP contribution is 2.42. The van der Waals surface area contributed by atoms with Gasteiger partial charge in [0.2, 0.25) is 0 Å². The van der Waals surface area contributed by atoms with E-state index in [1.165, 1.54) is 0 Å². The molecule has 88 valence electrons. The predicted molar refractivity (Wildman–Crippen MR) is 74.5 cm³/mol. The van der Waals surface area contributed by atoms with Crippen LogP contribution in [0.4, 0.5) is 11.4 Å². The summed E-state index contributed by atoms with van der Waals surface area (Å²) in [6.07, 6.45) is 0. The van der Waals surface area contributed by atoms with Crippen molar-refractivity contribution in [3.8, 4) is 0 Å². The van der Waals surface area contributed by atoms with Gasteiger partial charge in [-0.3, -0.25) is 0 Å². The third-order valence-corrected chi connectivity index (χ3v) is 5.45. The van der Waals surface area contributed by atoms with E-state index in [0.717, 1.165) is 0 Å². The normalized spacial score (nSPS) is 11.4. The van der Waals surface area contributed by atoms with Crippen LogP contribution in [-0.4, -0.2) is 6.66 Å². The standard InChI is InChI=1S/C13H15N2OP/c1-17(16,12-8-4-2-6-10(12)14)13-9-5-3-7-11(13)15/h2-9H,14-15H2,1H3. The fraction of sp³-hybridized carbons (Fsp3) is 0.0769. The fourth-order valence-electron chi connectivity index (χ4n) is 1.88. The second-order valence-electron chi connectivity index (χ2n) is 4.04. The highest BCUT2D eigenvalue weighted by molar-refractivity contribution is 7.78. The van der Waals surface area contributed by atoms with Gasteiger partial charge in [0.1, 0.15) is 7.14 Å². The number of nitrogens with two attached hydrogens (primary N) is 2. The molecule has 0 unspecified atom stereocenters. The van der Waals surface area contributed by atoms with Crippen LogP contribution in [-0.2, 0) is 4.57 Å². The third kappa shape index (κ3) is 2.06. The van der Waals surface area contributed by atoms with E-state index in [4.69, 9.17) is 11.5 Å². The fourth-order valence-corrected chi connectivity index (χ4v) is 4.02. The van der Waals surface area contributed by atoms with Crippen LogP contribution in [0.25, 0.3) is 0 Å². The average molecular weight is 246 g/mol. The molecule has 0 aromatic heterocycles. The number of hydrogen-bond donors (Lipinski definition) is 2. The van der Waals surface area contributed by atoms with Crippen LogP contribution in [0.1, 0.15) is 0 Å². The van der Waals surface area contributed by atoms with Gasteiger partial charge in [-0.05, 0) is 30.9 Å². The average Bonchev–Trinajstić information content (AvgIpc) is 2.29. The van der Waals surface area contributed by atoms with E-state index in [1.807, 2.05) is 24.3 Å². The minimum Gasteiger partial charge on any atom is -0.398 e. The molecule has 4 N–H and O–H groups in total. The Hall–Kier alpha value is -1.73. The van der Waals surface area contributed by atoms with Crippen molar-refractivity contribution in [2.75, 3.05) is 18.1 Å². The smallest absolute Gasteiger partial charge is 0.144 e. The van der Waals surface area contributed by atoms with Crippen molar-refractivity contribution in [3.63, 3.8) is 0 Å². The summed E-state index contributed by atoms with van der Waals surface area (Å²) in [7, 11) is -2.72. The van der Waals surface area contributed by atoms with Crippen LogP contribution in [0, 0.1) is 0 Å². The van der Waals surface area contributed by atoms with Gasteiger partial charge in [0, 0.05) is 22.0 Å². The molecule has 0 fully saturated rings. The first-order valence-electron chi connectivity index (χ1n) is 5.31. The number of nitrogen functional groups attached to an aromatic ring is 2. The Kier molecular flexibility index (Phi) is 2.95. The Morgan fingerprint density at radius 3 is 1.53 bits per heavy atom. The summed E-state index contributed by atoms with van der Waals surface area (Å²) in [4.78, 5) is 0. The minimum absolute atomic E-state index is 0.543. The Morgan fingerprint density at radius 2 is 1.18 bits per heavy atom. The molecule has 17 heavy (non-hydrogen) atoms. The largest absolute Gasteiger partial charge is 0.398 e. The van der Waals surface area contributed by atoms with Crippen LogP contribution < -0.4 is 22.1 Å². The van der Waals surface area contributed by atoms with E-state index in [9.17, 15) is 4.57 Å². The highest BCUT2D eigenvalue weighted by atomic mass is 31.2. The molecule has 0 bridgehead atoms. The molecule has 0 aliphatic rings. The Bertz CT molecular complexity index is 546. The molecule has 0 saturated carbocycles. The lowest BCUT2D eigenvalue weighted by atomic mass is 10.3. The van der Waals surface area contributed by atoms with E-state index >= 15 is 0 Å². The van der Waals surface area contributed by atoms with E-state index < -0.39 is 7.14 Å². The lowest BCUT2D eigenvalue weighted by Crippen LogP contribution is -2.20. The molecule has 0 amide bonds. The predicted octanol–water partition coefficient (Wildman–Crippen LogP) is 1.79. The van der Waals surface area contributed by atoms with Gasteiger partial charge in [-0.1, -0.05) is 24.3 Å². The number of benzene rings is 2. The zero-order chi connectivity index (χ0) is 12.5. The second kappa shape index (κ2) is 4.27. The lowest BCUT2D eigenvalue weighted by Gasteiger charge is -2.17. The van der Waals surface area contributed by atoms with E-state index in [2.05, 4.69) is 0 Å². The number of para-hydroxylation sites is 2. The number of rotatable bonds is 2. The maximum atomic E-state index is 12.9. The summed E-state index contributed by atoms with van der Waals surface area (Å²) in [5, 5.41) is 1.33. The summed E-state index contributed by atoms with van der Waals surface area (Å²) in [6, 6.07) is 14.4. The molecule has 0 aliphatic carbocycles. The quantitative estimate of drug-likeness (QED) is 0.627. The van der Waals surface area contributed by atoms with Crippen molar-refractivity contribution in [2.45, 2.75) is 0 Å². The van der Waals surface area contributed by atoms with E-state index in [-0.39, 0.29) is 0 Å². The molecular weight excluding hydrogens is 231 g/mol. The molecule has 0 atom stereocenters. The van der Waals surface area contributed by atoms with Crippen LogP contribution >= 0.6 is 7.14 Å². The van der Waals surface area contributed by atoms with Gasteiger partial charge >= 0.3 is 0 Å². The molecule has 3 nitrogen and oxygen atoms in total.